The van der Waals surface area contributed by atoms with E-state index in [0.717, 1.165) is 44.7 Å². The molecule has 0 saturated carbocycles. The molecule has 6 unspecified atom stereocenters. The van der Waals surface area contributed by atoms with Gasteiger partial charge in [-0.2, -0.15) is 30.2 Å². The first-order chi connectivity index (χ1) is 53.3. The van der Waals surface area contributed by atoms with E-state index in [1.165, 1.54) is 22.4 Å². The minimum Gasteiger partial charge on any atom is -0.477 e. The number of fused-ring (bicyclic) bond motifs is 5. The molecule has 3 amide bonds. The van der Waals surface area contributed by atoms with Crippen molar-refractivity contribution in [2.24, 2.45) is 26.6 Å². The van der Waals surface area contributed by atoms with Crippen molar-refractivity contribution in [1.29, 1.82) is 0 Å². The third-order valence-electron chi connectivity index (χ3n) is 21.5. The topological polar surface area (TPSA) is 337 Å². The third-order valence-corrected chi connectivity index (χ3v) is 21.5. The number of allylic oxidation sites excluding steroid dienone is 6. The summed E-state index contributed by atoms with van der Waals surface area (Å²) in [6, 6.07) is 43.6. The van der Waals surface area contributed by atoms with Crippen molar-refractivity contribution in [1.82, 2.24) is 66.5 Å². The van der Waals surface area contributed by atoms with E-state index >= 15 is 14.0 Å². The monoisotopic (exact) mass is 1460 g/mol. The summed E-state index contributed by atoms with van der Waals surface area (Å²) in [6.45, 7) is 0.383. The Hall–Kier alpha value is -12.9. The summed E-state index contributed by atoms with van der Waals surface area (Å²) in [7, 11) is 0. The van der Waals surface area contributed by atoms with Crippen molar-refractivity contribution in [3.63, 3.8) is 0 Å². The molecule has 5 aromatic carbocycles. The quantitative estimate of drug-likeness (QED) is 0.0287. The number of quaternary nitrogens is 1. The van der Waals surface area contributed by atoms with Gasteiger partial charge in [0.2, 0.25) is 29.5 Å². The minimum absolute atomic E-state index is 0.0271. The summed E-state index contributed by atoms with van der Waals surface area (Å²) in [5.74, 6) is -1.37. The summed E-state index contributed by atoms with van der Waals surface area (Å²) in [4.78, 5) is 78.2. The highest BCUT2D eigenvalue weighted by atomic mass is 19.1. The molecule has 109 heavy (non-hydrogen) atoms. The summed E-state index contributed by atoms with van der Waals surface area (Å²) < 4.78 is 31.9. The largest absolute Gasteiger partial charge is 0.477 e. The van der Waals surface area contributed by atoms with Gasteiger partial charge in [0.1, 0.15) is 30.1 Å². The van der Waals surface area contributed by atoms with E-state index in [4.69, 9.17) is 56.0 Å². The number of nitrogens with one attached hydrogen (secondary N) is 8. The van der Waals surface area contributed by atoms with Crippen LogP contribution in [0.1, 0.15) is 81.4 Å². The number of carbonyl (C=O) groups is 3. The number of amides is 3. The highest BCUT2D eigenvalue weighted by Gasteiger charge is 2.66. The van der Waals surface area contributed by atoms with Crippen LogP contribution in [0.4, 0.5) is 33.6 Å². The van der Waals surface area contributed by atoms with E-state index in [2.05, 4.69) is 42.6 Å². The number of hydrogen-bond acceptors (Lipinski definition) is 23. The van der Waals surface area contributed by atoms with Gasteiger partial charge < -0.3 is 47.3 Å². The number of nitrogens with zero attached hydrogens (tertiary/aromatic N) is 11. The minimum atomic E-state index is -2.57. The molecule has 6 atom stereocenters. The fourth-order valence-electron chi connectivity index (χ4n) is 16.1. The lowest BCUT2D eigenvalue weighted by atomic mass is 9.71. The van der Waals surface area contributed by atoms with E-state index in [9.17, 15) is 9.90 Å². The van der Waals surface area contributed by atoms with Gasteiger partial charge in [0.05, 0.1) is 58.6 Å². The number of alkyl halides is 1. The van der Waals surface area contributed by atoms with Gasteiger partial charge in [-0.3, -0.25) is 45.7 Å². The number of nitrogens with two attached hydrogens (primary N) is 2. The molecule has 0 spiro atoms. The van der Waals surface area contributed by atoms with Crippen LogP contribution in [0.15, 0.2) is 260 Å². The Bertz CT molecular complexity index is 5310. The fourth-order valence-corrected chi connectivity index (χ4v) is 16.1. The maximum absolute atomic E-state index is 19.9. The van der Waals surface area contributed by atoms with Crippen molar-refractivity contribution in [2.45, 2.75) is 100 Å². The summed E-state index contributed by atoms with van der Waals surface area (Å²) in [5.41, 5.74) is 19.4. The van der Waals surface area contributed by atoms with Crippen LogP contribution in [0.3, 0.4) is 0 Å². The predicted molar refractivity (Wildman–Crippen MR) is 409 cm³/mol. The molecule has 548 valence electrons. The first-order valence-electron chi connectivity index (χ1n) is 36.5. The molecular weight excluding hydrogens is 1380 g/mol. The molecule has 11 aliphatic rings. The number of aliphatic imine (C=N–C) groups is 2. The van der Waals surface area contributed by atoms with Crippen molar-refractivity contribution < 1.29 is 33.4 Å². The second-order valence-corrected chi connectivity index (χ2v) is 28.2. The Morgan fingerprint density at radius 2 is 1.28 bits per heavy atom. The summed E-state index contributed by atoms with van der Waals surface area (Å²) in [5, 5.41) is 48.2. The number of benzene rings is 5. The fraction of sp³-hybridized carbons (Fsp3) is 0.235. The van der Waals surface area contributed by atoms with Gasteiger partial charge in [0.15, 0.2) is 23.1 Å². The second-order valence-electron chi connectivity index (χ2n) is 28.2. The van der Waals surface area contributed by atoms with E-state index < -0.39 is 64.5 Å². The maximum Gasteiger partial charge on any atom is 0.373 e. The lowest BCUT2D eigenvalue weighted by Crippen LogP contribution is -2.65. The number of hydrogen-bond donors (Lipinski definition) is 11. The molecule has 28 heteroatoms. The van der Waals surface area contributed by atoms with Crippen LogP contribution < -0.4 is 68.2 Å². The number of anilines is 3. The highest BCUT2D eigenvalue weighted by Crippen LogP contribution is 2.57. The Labute approximate surface area is 626 Å². The smallest absolute Gasteiger partial charge is 0.373 e. The molecule has 4 aliphatic carbocycles. The average Bonchev–Trinajstić information content (AvgIpc) is 1.51. The number of aromatic nitrogens is 4. The number of aliphatic hydroxyl groups excluding tert-OH is 1. The van der Waals surface area contributed by atoms with E-state index in [1.807, 2.05) is 158 Å². The number of carbonyl (C=O) groups excluding carboxylic acids is 3. The number of halogens is 1. The van der Waals surface area contributed by atoms with Crippen LogP contribution in [-0.4, -0.2) is 126 Å². The van der Waals surface area contributed by atoms with Crippen molar-refractivity contribution in [2.75, 3.05) is 35.9 Å². The third kappa shape index (κ3) is 11.8. The normalized spacial score (nSPS) is 24.2. The van der Waals surface area contributed by atoms with E-state index in [-0.39, 0.29) is 81.9 Å². The SMILES string of the molecule is NC(=O)c1cccc2c1C=N[N+]2(C1=C2C(=CC(C3N=CC4=C(C=CC4)N3)=CC2(NCc2ccccc2)C(=O)Nc2nc(NCc3ccccc3)c3c(n2)OCCC3)N(N2NC=C3C2=CC(F)(C2N=CC4=C(C=CC4)N2)CC3(NCc2ccccc2)C(N)=O)N1CO)c1nc(NCc2ccccc2)c2c(n1)OCCC2. The Kier molecular flexibility index (Phi) is 17.1. The summed E-state index contributed by atoms with van der Waals surface area (Å²) in [6.07, 6.45) is 20.3. The second kappa shape index (κ2) is 27.5. The van der Waals surface area contributed by atoms with Crippen LogP contribution in [0.5, 0.6) is 11.8 Å². The van der Waals surface area contributed by atoms with Crippen LogP contribution >= 0.6 is 0 Å². The summed E-state index contributed by atoms with van der Waals surface area (Å²) >= 11 is 0. The van der Waals surface area contributed by atoms with Gasteiger partial charge in [0.25, 0.3) is 11.7 Å². The molecular formula is C81H77FN21O6+. The highest BCUT2D eigenvalue weighted by molar-refractivity contribution is 6.08. The number of aliphatic hydroxyl groups is 1. The Morgan fingerprint density at radius 1 is 0.670 bits per heavy atom. The maximum atomic E-state index is 19.9. The first-order valence-corrected chi connectivity index (χ1v) is 36.5. The van der Waals surface area contributed by atoms with Gasteiger partial charge in [-0.25, -0.2) is 4.39 Å². The Balaban J connectivity index is 0.910. The molecule has 0 radical (unpaired) electrons. The van der Waals surface area contributed by atoms with Gasteiger partial charge in [-0.1, -0.05) is 149 Å². The number of rotatable bonds is 22. The molecule has 7 aliphatic heterocycles. The zero-order valence-electron chi connectivity index (χ0n) is 59.1. The molecule has 0 saturated heterocycles. The molecule has 2 aromatic heterocycles. The molecule has 9 heterocycles. The first kappa shape index (κ1) is 68.0. The van der Waals surface area contributed by atoms with Crippen LogP contribution in [0.2, 0.25) is 0 Å². The van der Waals surface area contributed by atoms with Crippen molar-refractivity contribution in [3.8, 4) is 11.8 Å². The van der Waals surface area contributed by atoms with Gasteiger partial charge >= 0.3 is 5.95 Å². The lowest BCUT2D eigenvalue weighted by Gasteiger charge is -2.47. The Morgan fingerprint density at radius 3 is 1.91 bits per heavy atom. The molecule has 0 fully saturated rings. The number of primary amides is 2. The number of ether oxygens (including phenoxy) is 2. The molecule has 7 aromatic rings. The van der Waals surface area contributed by atoms with E-state index in [1.54, 1.807) is 41.8 Å². The van der Waals surface area contributed by atoms with Crippen LogP contribution in [0, 0.1) is 0 Å². The molecule has 13 N–H and O–H groups in total. The average molecular weight is 1460 g/mol. The standard InChI is InChI=1S/C81H76FN21O6/c82-79(75-88-44-54-27-14-32-62(54)94-75)38-64-60(81(47-79,74(84)106)90-42-52-24-11-4-12-25-52)46-91-101(64)102-63-36-55(68-87-43-53-26-13-31-61(53)93-68)37-80(89-41-51-22-9-3-10-23-51,76(107)99-77-95-69(57-29-16-34-108-71(57)97-77)85-39-49-18-5-1-6-19-49)66(63)73(100(102)48-104)103(65-33-15-28-56(67(83)105)59(65)45-92-103)78-96-70(58-30-17-35-109-72(58)98-78)86-40-50-20-7-2-8-21-50/h1-15,18-25,28,31-33,36-38,43-46,68,75,89-91,104H,16-17,26-27,29-30,34-35,39-42,47-48H2,(H8-,83,84,85,86,87,88,93,94,95,96,97,98,99,105,106,107)/p+1. The lowest BCUT2D eigenvalue weighted by molar-refractivity contribution is -0.158. The molecule has 0 bridgehead atoms. The van der Waals surface area contributed by atoms with Crippen molar-refractivity contribution in [3.05, 3.63) is 289 Å². The van der Waals surface area contributed by atoms with Gasteiger partial charge in [-0.05, 0) is 114 Å². The number of hydrazine groups is 3. The van der Waals surface area contributed by atoms with E-state index in [0.29, 0.717) is 93.3 Å². The van der Waals surface area contributed by atoms with Gasteiger partial charge in [-0.15, -0.1) is 4.98 Å². The molecule has 18 rings (SSSR count). The zero-order chi connectivity index (χ0) is 74.0. The van der Waals surface area contributed by atoms with Gasteiger partial charge in [0, 0.05) is 74.3 Å². The molecule has 27 nitrogen and oxygen atoms in total. The zero-order valence-corrected chi connectivity index (χ0v) is 59.1. The van der Waals surface area contributed by atoms with Crippen molar-refractivity contribution >= 4 is 65.6 Å². The van der Waals surface area contributed by atoms with Crippen LogP contribution in [0.25, 0.3) is 0 Å². The predicted octanol–water partition coefficient (Wildman–Crippen LogP) is 7.97. The van der Waals surface area contributed by atoms with Crippen LogP contribution in [-0.2, 0) is 48.6 Å².